The van der Waals surface area contributed by atoms with E-state index in [2.05, 4.69) is 10.4 Å². The van der Waals surface area contributed by atoms with Crippen LogP contribution in [0.15, 0.2) is 29.2 Å². The molecule has 1 aromatic carbocycles. The number of aryl methyl sites for hydroxylation is 2. The molecular formula is C19H21F2N5O3S. The SMILES string of the molecule is Cc1cc(NC(=O)C2CCN(S(=O)(=O)c3ccc(F)c(F)c3)CC2)n(CCC#N)n1. The standard InChI is InChI=1S/C19H21F2N5O3S/c1-13-11-18(26(24-13)8-2-7-22)23-19(27)14-5-9-25(10-6-14)30(28,29)15-3-4-16(20)17(21)12-15/h3-4,11-12,14H,2,5-6,8-10H2,1H3,(H,23,27). The third-order valence-corrected chi connectivity index (χ3v) is 6.84. The van der Waals surface area contributed by atoms with Gasteiger partial charge in [-0.25, -0.2) is 21.9 Å². The fourth-order valence-corrected chi connectivity index (χ4v) is 4.83. The first-order valence-corrected chi connectivity index (χ1v) is 10.8. The van der Waals surface area contributed by atoms with E-state index in [9.17, 15) is 22.0 Å². The van der Waals surface area contributed by atoms with Gasteiger partial charge in [0.25, 0.3) is 0 Å². The third kappa shape index (κ3) is 4.66. The lowest BCUT2D eigenvalue weighted by atomic mass is 9.97. The molecule has 2 heterocycles. The number of amides is 1. The van der Waals surface area contributed by atoms with Crippen molar-refractivity contribution in [3.05, 3.63) is 41.6 Å². The number of aromatic nitrogens is 2. The van der Waals surface area contributed by atoms with E-state index >= 15 is 0 Å². The Morgan fingerprint density at radius 3 is 2.60 bits per heavy atom. The first kappa shape index (κ1) is 21.9. The Labute approximate surface area is 173 Å². The smallest absolute Gasteiger partial charge is 0.243 e. The molecule has 0 saturated carbocycles. The zero-order valence-corrected chi connectivity index (χ0v) is 17.1. The van der Waals surface area contributed by atoms with Crippen molar-refractivity contribution in [3.63, 3.8) is 0 Å². The topological polar surface area (TPSA) is 108 Å². The van der Waals surface area contributed by atoms with Gasteiger partial charge in [0.05, 0.1) is 29.6 Å². The van der Waals surface area contributed by atoms with Gasteiger partial charge < -0.3 is 5.32 Å². The average Bonchev–Trinajstić information content (AvgIpc) is 3.07. The van der Waals surface area contributed by atoms with Crippen molar-refractivity contribution in [1.29, 1.82) is 5.26 Å². The van der Waals surface area contributed by atoms with Gasteiger partial charge in [-0.05, 0) is 38.0 Å². The minimum atomic E-state index is -3.97. The van der Waals surface area contributed by atoms with Crippen LogP contribution in [0.4, 0.5) is 14.6 Å². The normalized spacial score (nSPS) is 15.7. The van der Waals surface area contributed by atoms with Crippen LogP contribution in [0.2, 0.25) is 0 Å². The van der Waals surface area contributed by atoms with Crippen LogP contribution in [0.1, 0.15) is 25.0 Å². The molecule has 0 spiro atoms. The number of nitrogens with one attached hydrogen (secondary N) is 1. The number of sulfonamides is 1. The Hall–Kier alpha value is -2.84. The van der Waals surface area contributed by atoms with Crippen LogP contribution in [-0.4, -0.2) is 41.5 Å². The van der Waals surface area contributed by atoms with Crippen molar-refractivity contribution in [2.75, 3.05) is 18.4 Å². The van der Waals surface area contributed by atoms with Crippen molar-refractivity contribution in [2.45, 2.75) is 37.6 Å². The molecule has 1 aromatic heterocycles. The van der Waals surface area contributed by atoms with Gasteiger partial charge in [-0.15, -0.1) is 0 Å². The van der Waals surface area contributed by atoms with Crippen LogP contribution >= 0.6 is 0 Å². The molecule has 0 atom stereocenters. The number of hydrogen-bond donors (Lipinski definition) is 1. The van der Waals surface area contributed by atoms with Crippen molar-refractivity contribution < 1.29 is 22.0 Å². The highest BCUT2D eigenvalue weighted by Crippen LogP contribution is 2.26. The number of benzene rings is 1. The molecule has 1 N–H and O–H groups in total. The van der Waals surface area contributed by atoms with E-state index in [-0.39, 0.29) is 30.3 Å². The summed E-state index contributed by atoms with van der Waals surface area (Å²) in [6, 6.07) is 6.20. The molecule has 1 aliphatic heterocycles. The van der Waals surface area contributed by atoms with E-state index < -0.39 is 27.6 Å². The summed E-state index contributed by atoms with van der Waals surface area (Å²) in [5, 5.41) is 15.8. The summed E-state index contributed by atoms with van der Waals surface area (Å²) in [5.41, 5.74) is 0.704. The first-order chi connectivity index (χ1) is 14.2. The summed E-state index contributed by atoms with van der Waals surface area (Å²) in [7, 11) is -3.97. The molecule has 0 aliphatic carbocycles. The van der Waals surface area contributed by atoms with Crippen molar-refractivity contribution >= 4 is 21.7 Å². The summed E-state index contributed by atoms with van der Waals surface area (Å²) in [6.45, 7) is 2.31. The van der Waals surface area contributed by atoms with Gasteiger partial charge in [0.2, 0.25) is 15.9 Å². The highest BCUT2D eigenvalue weighted by Gasteiger charge is 2.32. The second kappa shape index (κ2) is 8.89. The number of piperidine rings is 1. The molecular weight excluding hydrogens is 416 g/mol. The quantitative estimate of drug-likeness (QED) is 0.747. The number of nitrogens with zero attached hydrogens (tertiary/aromatic N) is 4. The van der Waals surface area contributed by atoms with Crippen molar-refractivity contribution in [1.82, 2.24) is 14.1 Å². The van der Waals surface area contributed by atoms with Crippen LogP contribution in [-0.2, 0) is 21.4 Å². The van der Waals surface area contributed by atoms with Gasteiger partial charge in [-0.3, -0.25) is 4.79 Å². The van der Waals surface area contributed by atoms with Crippen LogP contribution in [0, 0.1) is 35.8 Å². The number of anilines is 1. The van der Waals surface area contributed by atoms with Crippen LogP contribution in [0.5, 0.6) is 0 Å². The maximum absolute atomic E-state index is 13.4. The summed E-state index contributed by atoms with van der Waals surface area (Å²) < 4.78 is 54.6. The molecule has 0 bridgehead atoms. The van der Waals surface area contributed by atoms with Gasteiger partial charge in [0.1, 0.15) is 5.82 Å². The van der Waals surface area contributed by atoms with Crippen LogP contribution in [0.3, 0.4) is 0 Å². The highest BCUT2D eigenvalue weighted by atomic mass is 32.2. The Balaban J connectivity index is 1.63. The van der Waals surface area contributed by atoms with Crippen LogP contribution in [0.25, 0.3) is 0 Å². The summed E-state index contributed by atoms with van der Waals surface area (Å²) in [4.78, 5) is 12.3. The molecule has 1 aliphatic rings. The molecule has 1 fully saturated rings. The molecule has 2 aromatic rings. The van der Waals surface area contributed by atoms with Crippen molar-refractivity contribution in [2.24, 2.45) is 5.92 Å². The Morgan fingerprint density at radius 2 is 1.97 bits per heavy atom. The fraction of sp³-hybridized carbons (Fsp3) is 0.421. The molecule has 8 nitrogen and oxygen atoms in total. The second-order valence-corrected chi connectivity index (χ2v) is 8.98. The highest BCUT2D eigenvalue weighted by molar-refractivity contribution is 7.89. The van der Waals surface area contributed by atoms with Crippen molar-refractivity contribution in [3.8, 4) is 6.07 Å². The van der Waals surface area contributed by atoms with E-state index in [1.807, 2.05) is 6.07 Å². The summed E-state index contributed by atoms with van der Waals surface area (Å²) in [6.07, 6.45) is 0.838. The van der Waals surface area contributed by atoms with Gasteiger partial charge >= 0.3 is 0 Å². The number of carbonyl (C=O) groups is 1. The Morgan fingerprint density at radius 1 is 1.27 bits per heavy atom. The predicted molar refractivity (Wildman–Crippen MR) is 104 cm³/mol. The number of halogens is 2. The molecule has 1 amide bonds. The Bertz CT molecular complexity index is 1090. The second-order valence-electron chi connectivity index (χ2n) is 7.05. The van der Waals surface area contributed by atoms with Gasteiger partial charge in [-0.2, -0.15) is 14.7 Å². The zero-order valence-electron chi connectivity index (χ0n) is 16.3. The van der Waals surface area contributed by atoms with E-state index in [0.717, 1.165) is 12.1 Å². The maximum Gasteiger partial charge on any atom is 0.243 e. The lowest BCUT2D eigenvalue weighted by molar-refractivity contribution is -0.121. The van der Waals surface area contributed by atoms with E-state index in [1.165, 1.54) is 4.31 Å². The maximum atomic E-state index is 13.4. The predicted octanol–water partition coefficient (Wildman–Crippen LogP) is 2.42. The molecule has 11 heteroatoms. The number of nitriles is 1. The number of hydrogen-bond acceptors (Lipinski definition) is 5. The number of carbonyl (C=O) groups excluding carboxylic acids is 1. The minimum Gasteiger partial charge on any atom is -0.311 e. The fourth-order valence-electron chi connectivity index (χ4n) is 3.35. The first-order valence-electron chi connectivity index (χ1n) is 9.40. The molecule has 160 valence electrons. The summed E-state index contributed by atoms with van der Waals surface area (Å²) >= 11 is 0. The zero-order chi connectivity index (χ0) is 21.9. The molecule has 3 rings (SSSR count). The summed E-state index contributed by atoms with van der Waals surface area (Å²) in [5.74, 6) is -2.51. The lowest BCUT2D eigenvalue weighted by Gasteiger charge is -2.30. The van der Waals surface area contributed by atoms with Gasteiger partial charge in [-0.1, -0.05) is 0 Å². The van der Waals surface area contributed by atoms with Gasteiger partial charge in [0.15, 0.2) is 11.6 Å². The lowest BCUT2D eigenvalue weighted by Crippen LogP contribution is -2.41. The van der Waals surface area contributed by atoms with E-state index in [0.29, 0.717) is 37.0 Å². The minimum absolute atomic E-state index is 0.0894. The monoisotopic (exact) mass is 437 g/mol. The largest absolute Gasteiger partial charge is 0.311 e. The van der Waals surface area contributed by atoms with E-state index in [4.69, 9.17) is 5.26 Å². The van der Waals surface area contributed by atoms with E-state index in [1.54, 1.807) is 17.7 Å². The Kier molecular flexibility index (Phi) is 6.48. The average molecular weight is 437 g/mol. The molecule has 0 unspecified atom stereocenters. The third-order valence-electron chi connectivity index (χ3n) is 4.94. The molecule has 1 saturated heterocycles. The van der Waals surface area contributed by atoms with Gasteiger partial charge in [0, 0.05) is 25.1 Å². The van der Waals surface area contributed by atoms with Crippen LogP contribution < -0.4 is 5.32 Å². The molecule has 30 heavy (non-hydrogen) atoms. The number of rotatable bonds is 6. The molecule has 0 radical (unpaired) electrons.